The van der Waals surface area contributed by atoms with Crippen LogP contribution in [0.15, 0.2) is 18.2 Å². The number of hydrogen-bond acceptors (Lipinski definition) is 3. The Morgan fingerprint density at radius 2 is 2.10 bits per heavy atom. The highest BCUT2D eigenvalue weighted by Gasteiger charge is 2.34. The maximum absolute atomic E-state index is 6.22. The summed E-state index contributed by atoms with van der Waals surface area (Å²) in [6.07, 6.45) is 7.94. The van der Waals surface area contributed by atoms with Crippen LogP contribution >= 0.6 is 11.6 Å². The second-order valence-corrected chi connectivity index (χ2v) is 6.66. The maximum Gasteiger partial charge on any atom is 0.137 e. The van der Waals surface area contributed by atoms with Crippen molar-refractivity contribution in [1.29, 1.82) is 0 Å². The van der Waals surface area contributed by atoms with Gasteiger partial charge in [-0.1, -0.05) is 24.4 Å². The predicted molar refractivity (Wildman–Crippen MR) is 88.4 cm³/mol. The number of methoxy groups -OCH3 is 1. The Hall–Kier alpha value is -0.930. The largest absolute Gasteiger partial charge is 0.495 e. The van der Waals surface area contributed by atoms with Gasteiger partial charge in [0.2, 0.25) is 0 Å². The molecule has 1 aliphatic carbocycles. The molecule has 1 aromatic rings. The molecule has 1 saturated heterocycles. The van der Waals surface area contributed by atoms with E-state index in [0.29, 0.717) is 17.1 Å². The first kappa shape index (κ1) is 15.0. The number of halogens is 1. The summed E-state index contributed by atoms with van der Waals surface area (Å²) in [5.41, 5.74) is 1.11. The molecule has 1 heterocycles. The molecular formula is C17H25ClN2O. The fraction of sp³-hybridized carbons (Fsp3) is 0.647. The van der Waals surface area contributed by atoms with Crippen LogP contribution in [0.3, 0.4) is 0 Å². The molecule has 2 N–H and O–H groups in total. The minimum atomic E-state index is 0.560. The van der Waals surface area contributed by atoms with Crippen molar-refractivity contribution >= 4 is 17.3 Å². The van der Waals surface area contributed by atoms with Crippen molar-refractivity contribution in [1.82, 2.24) is 5.32 Å². The van der Waals surface area contributed by atoms with Crippen LogP contribution in [0.1, 0.15) is 38.5 Å². The highest BCUT2D eigenvalue weighted by atomic mass is 35.5. The van der Waals surface area contributed by atoms with Crippen molar-refractivity contribution in [3.05, 3.63) is 23.2 Å². The van der Waals surface area contributed by atoms with E-state index in [-0.39, 0.29) is 0 Å². The molecule has 2 fully saturated rings. The Morgan fingerprint density at radius 3 is 2.81 bits per heavy atom. The van der Waals surface area contributed by atoms with E-state index in [1.807, 2.05) is 12.1 Å². The number of hydrogen-bond donors (Lipinski definition) is 2. The van der Waals surface area contributed by atoms with Crippen LogP contribution in [0.4, 0.5) is 5.69 Å². The fourth-order valence-electron chi connectivity index (χ4n) is 3.86. The normalized spacial score (nSPS) is 29.3. The second kappa shape index (κ2) is 6.89. The maximum atomic E-state index is 6.22. The summed E-state index contributed by atoms with van der Waals surface area (Å²) in [4.78, 5) is 0. The summed E-state index contributed by atoms with van der Waals surface area (Å²) >= 11 is 6.22. The molecule has 3 atom stereocenters. The van der Waals surface area contributed by atoms with E-state index < -0.39 is 0 Å². The topological polar surface area (TPSA) is 33.3 Å². The lowest BCUT2D eigenvalue weighted by Gasteiger charge is -2.33. The number of rotatable bonds is 4. The molecule has 1 aliphatic heterocycles. The van der Waals surface area contributed by atoms with Crippen LogP contribution < -0.4 is 15.4 Å². The highest BCUT2D eigenvalue weighted by Crippen LogP contribution is 2.35. The van der Waals surface area contributed by atoms with Gasteiger partial charge in [-0.25, -0.2) is 0 Å². The summed E-state index contributed by atoms with van der Waals surface area (Å²) in [6.45, 7) is 1.18. The first-order valence-electron chi connectivity index (χ1n) is 8.11. The third-order valence-electron chi connectivity index (χ3n) is 4.94. The summed E-state index contributed by atoms with van der Waals surface area (Å²) in [5.74, 6) is 1.48. The molecule has 0 spiro atoms. The van der Waals surface area contributed by atoms with Gasteiger partial charge in [-0.3, -0.25) is 0 Å². The molecule has 2 aliphatic rings. The molecule has 0 aromatic heterocycles. The lowest BCUT2D eigenvalue weighted by molar-refractivity contribution is 0.286. The Bertz CT molecular complexity index is 474. The van der Waals surface area contributed by atoms with Crippen molar-refractivity contribution < 1.29 is 4.74 Å². The SMILES string of the molecule is COc1ccc(NC2CCCC2C2CCCCN2)cc1Cl. The molecule has 1 saturated carbocycles. The molecule has 116 valence electrons. The Morgan fingerprint density at radius 1 is 1.19 bits per heavy atom. The van der Waals surface area contributed by atoms with Crippen molar-refractivity contribution in [3.8, 4) is 5.75 Å². The van der Waals surface area contributed by atoms with Gasteiger partial charge < -0.3 is 15.4 Å². The standard InChI is InChI=1S/C17H25ClN2O/c1-21-17-9-8-12(11-14(17)18)20-16-7-4-5-13(16)15-6-2-3-10-19-15/h8-9,11,13,15-16,19-20H,2-7,10H2,1H3. The van der Waals surface area contributed by atoms with Crippen LogP contribution in [0.25, 0.3) is 0 Å². The molecule has 21 heavy (non-hydrogen) atoms. The molecule has 4 heteroatoms. The van der Waals surface area contributed by atoms with Gasteiger partial charge in [0.15, 0.2) is 0 Å². The van der Waals surface area contributed by atoms with Gasteiger partial charge in [0.1, 0.15) is 5.75 Å². The van der Waals surface area contributed by atoms with Gasteiger partial charge in [0, 0.05) is 17.8 Å². The Balaban J connectivity index is 1.66. The summed E-state index contributed by atoms with van der Waals surface area (Å²) < 4.78 is 5.22. The average Bonchev–Trinajstić information content (AvgIpc) is 2.96. The third kappa shape index (κ3) is 3.46. The monoisotopic (exact) mass is 308 g/mol. The van der Waals surface area contributed by atoms with E-state index in [0.717, 1.165) is 17.4 Å². The first-order chi connectivity index (χ1) is 10.3. The van der Waals surface area contributed by atoms with Crippen LogP contribution in [0.5, 0.6) is 5.75 Å². The lowest BCUT2D eigenvalue weighted by atomic mass is 9.88. The van der Waals surface area contributed by atoms with Gasteiger partial charge >= 0.3 is 0 Å². The quantitative estimate of drug-likeness (QED) is 0.879. The van der Waals surface area contributed by atoms with Gasteiger partial charge in [-0.05, 0) is 56.3 Å². The molecule has 3 unspecified atom stereocenters. The van der Waals surface area contributed by atoms with Crippen molar-refractivity contribution in [2.24, 2.45) is 5.92 Å². The van der Waals surface area contributed by atoms with Crippen LogP contribution in [-0.2, 0) is 0 Å². The van der Waals surface area contributed by atoms with Gasteiger partial charge in [0.05, 0.1) is 12.1 Å². The number of benzene rings is 1. The number of nitrogens with one attached hydrogen (secondary N) is 2. The number of anilines is 1. The minimum Gasteiger partial charge on any atom is -0.495 e. The third-order valence-corrected chi connectivity index (χ3v) is 5.23. The summed E-state index contributed by atoms with van der Waals surface area (Å²) in [5, 5.41) is 8.09. The van der Waals surface area contributed by atoms with Crippen molar-refractivity contribution in [2.75, 3.05) is 19.0 Å². The smallest absolute Gasteiger partial charge is 0.137 e. The highest BCUT2D eigenvalue weighted by molar-refractivity contribution is 6.32. The molecular weight excluding hydrogens is 284 g/mol. The zero-order valence-corrected chi connectivity index (χ0v) is 13.5. The van der Waals surface area contributed by atoms with Crippen molar-refractivity contribution in [3.63, 3.8) is 0 Å². The van der Waals surface area contributed by atoms with Crippen LogP contribution in [-0.4, -0.2) is 25.7 Å². The zero-order valence-electron chi connectivity index (χ0n) is 12.7. The van der Waals surface area contributed by atoms with E-state index in [1.165, 1.54) is 45.1 Å². The van der Waals surface area contributed by atoms with Gasteiger partial charge in [-0.2, -0.15) is 0 Å². The van der Waals surface area contributed by atoms with Crippen LogP contribution in [0.2, 0.25) is 5.02 Å². The molecule has 3 rings (SSSR count). The van der Waals surface area contributed by atoms with E-state index in [2.05, 4.69) is 16.7 Å². The van der Waals surface area contributed by atoms with E-state index in [1.54, 1.807) is 7.11 Å². The van der Waals surface area contributed by atoms with Crippen molar-refractivity contribution in [2.45, 2.75) is 50.6 Å². The number of piperidine rings is 1. The molecule has 0 radical (unpaired) electrons. The summed E-state index contributed by atoms with van der Waals surface area (Å²) in [7, 11) is 1.65. The van der Waals surface area contributed by atoms with E-state index in [4.69, 9.17) is 16.3 Å². The zero-order chi connectivity index (χ0) is 14.7. The van der Waals surface area contributed by atoms with Crippen LogP contribution in [0, 0.1) is 5.92 Å². The molecule has 0 amide bonds. The first-order valence-corrected chi connectivity index (χ1v) is 8.49. The van der Waals surface area contributed by atoms with E-state index >= 15 is 0 Å². The molecule has 1 aromatic carbocycles. The van der Waals surface area contributed by atoms with Gasteiger partial charge in [0.25, 0.3) is 0 Å². The van der Waals surface area contributed by atoms with Gasteiger partial charge in [-0.15, -0.1) is 0 Å². The Labute approximate surface area is 132 Å². The fourth-order valence-corrected chi connectivity index (χ4v) is 4.12. The molecule has 3 nitrogen and oxygen atoms in total. The minimum absolute atomic E-state index is 0.560. The average molecular weight is 309 g/mol. The molecule has 0 bridgehead atoms. The Kier molecular flexibility index (Phi) is 4.91. The predicted octanol–water partition coefficient (Wildman–Crippen LogP) is 4.07. The number of ether oxygens (including phenoxy) is 1. The summed E-state index contributed by atoms with van der Waals surface area (Å²) in [6, 6.07) is 7.23. The second-order valence-electron chi connectivity index (χ2n) is 6.25. The lowest BCUT2D eigenvalue weighted by Crippen LogP contribution is -2.44. The van der Waals surface area contributed by atoms with E-state index in [9.17, 15) is 0 Å².